The van der Waals surface area contributed by atoms with Crippen LogP contribution in [0.5, 0.6) is 0 Å². The predicted molar refractivity (Wildman–Crippen MR) is 339 cm³/mol. The lowest BCUT2D eigenvalue weighted by Gasteiger charge is -2.55. The van der Waals surface area contributed by atoms with Crippen LogP contribution in [0.25, 0.3) is 21.9 Å². The maximum atomic E-state index is 2.54. The van der Waals surface area contributed by atoms with E-state index in [-0.39, 0.29) is 5.41 Å². The quantitative estimate of drug-likeness (QED) is 0.155. The van der Waals surface area contributed by atoms with Crippen LogP contribution in [0, 0.1) is 56.8 Å². The van der Waals surface area contributed by atoms with Crippen molar-refractivity contribution in [2.45, 2.75) is 137 Å². The van der Waals surface area contributed by atoms with Crippen LogP contribution >= 0.6 is 0 Å². The SMILES string of the molecule is CC(c1ccccc1)(c1ccccc1)c1ccccc1.CC12CC3CC(CC(C3)C1)C2.CC1CCCCC1.CC1c2ccccc2-c2ccccc21.Cc1ccc(C)cc1.Cc1cccc2ccccc12.Cc1ccccc1. The van der Waals surface area contributed by atoms with Gasteiger partial charge < -0.3 is 0 Å². The molecule has 0 heteroatoms. The Morgan fingerprint density at radius 3 is 1.10 bits per heavy atom. The number of aryl methyl sites for hydroxylation is 4. The molecule has 4 bridgehead atoms. The van der Waals surface area contributed by atoms with E-state index in [1.165, 1.54) is 104 Å². The Bertz CT molecular complexity index is 2940. The number of hydrogen-bond acceptors (Lipinski definition) is 0. The number of benzene rings is 9. The van der Waals surface area contributed by atoms with Crippen molar-refractivity contribution in [3.05, 3.63) is 287 Å². The summed E-state index contributed by atoms with van der Waals surface area (Å²) in [5.74, 6) is 5.03. The second-order valence-electron chi connectivity index (χ2n) is 24.2. The van der Waals surface area contributed by atoms with Crippen LogP contribution in [0.15, 0.2) is 237 Å². The van der Waals surface area contributed by atoms with Gasteiger partial charge in [0, 0.05) is 11.3 Å². The lowest BCUT2D eigenvalue weighted by atomic mass is 9.50. The van der Waals surface area contributed by atoms with Gasteiger partial charge in [-0.1, -0.05) is 306 Å². The average Bonchev–Trinajstić information content (AvgIpc) is 3.78. The van der Waals surface area contributed by atoms with Gasteiger partial charge in [0.1, 0.15) is 0 Å². The molecule has 0 spiro atoms. The molecule has 0 atom stereocenters. The minimum Gasteiger partial charge on any atom is -0.0625 e. The molecule has 5 saturated carbocycles. The number of rotatable bonds is 3. The molecule has 0 nitrogen and oxygen atoms in total. The van der Waals surface area contributed by atoms with Gasteiger partial charge in [-0.2, -0.15) is 0 Å². The van der Waals surface area contributed by atoms with Gasteiger partial charge in [-0.25, -0.2) is 0 Å². The smallest absolute Gasteiger partial charge is 0.0423 e. The van der Waals surface area contributed by atoms with Crippen molar-refractivity contribution in [3.8, 4) is 11.1 Å². The molecule has 6 aliphatic rings. The molecule has 0 radical (unpaired) electrons. The summed E-state index contributed by atoms with van der Waals surface area (Å²) < 4.78 is 0. The maximum Gasteiger partial charge on any atom is 0.0423 e. The van der Waals surface area contributed by atoms with Crippen molar-refractivity contribution in [2.24, 2.45) is 29.1 Å². The zero-order valence-electron chi connectivity index (χ0n) is 48.7. The molecular weight excluding hydrogens is 937 g/mol. The van der Waals surface area contributed by atoms with Gasteiger partial charge in [-0.15, -0.1) is 0 Å². The Kier molecular flexibility index (Phi) is 20.8. The Morgan fingerprint density at radius 1 is 0.372 bits per heavy atom. The molecule has 0 N–H and O–H groups in total. The highest BCUT2D eigenvalue weighted by Gasteiger charge is 2.48. The van der Waals surface area contributed by atoms with E-state index in [1.54, 1.807) is 38.5 Å². The van der Waals surface area contributed by atoms with E-state index in [9.17, 15) is 0 Å². The van der Waals surface area contributed by atoms with Gasteiger partial charge in [0.25, 0.3) is 0 Å². The molecule has 5 fully saturated rings. The largest absolute Gasteiger partial charge is 0.0625 e. The van der Waals surface area contributed by atoms with Crippen LogP contribution in [0.2, 0.25) is 0 Å². The van der Waals surface area contributed by atoms with Crippen LogP contribution in [-0.2, 0) is 5.41 Å². The highest BCUT2D eigenvalue weighted by molar-refractivity contribution is 5.85. The molecule has 9 aromatic rings. The molecule has 0 heterocycles. The standard InChI is InChI=1S/C20H18.C14H12.C11H18.C11H10.C8H10.C7H14.C7H8/c1-20(17-11-5-2-6-12-17,18-13-7-3-8-14-18)19-15-9-4-10-16-19;1-10-11-6-2-4-8-13(11)14-9-5-3-7-12(10)14;1-11-5-8-2-9(6-11)4-10(3-8)7-11;1-9-5-4-7-10-6-2-3-8-11(9)10;1-7-3-5-8(2)6-4-7;2*1-7-5-3-2-4-6-7/h2-16H,1H3;2-10H,1H3;8-10H,2-7H2,1H3;2-8H,1H3;3-6H,1-2H3;7H,2-6H2,1H3;2-6H,1H3. The number of hydrogen-bond donors (Lipinski definition) is 0. The zero-order chi connectivity index (χ0) is 54.7. The summed E-state index contributed by atoms with van der Waals surface area (Å²) >= 11 is 0. The minimum absolute atomic E-state index is 0.121. The molecule has 78 heavy (non-hydrogen) atoms. The maximum absolute atomic E-state index is 2.54. The summed E-state index contributed by atoms with van der Waals surface area (Å²) in [5.41, 5.74) is 15.7. The Balaban J connectivity index is 0.000000124. The molecule has 0 aromatic heterocycles. The van der Waals surface area contributed by atoms with E-state index in [1.807, 2.05) is 18.2 Å². The lowest BCUT2D eigenvalue weighted by Crippen LogP contribution is -2.44. The normalized spacial score (nSPS) is 19.3. The Labute approximate surface area is 472 Å². The molecule has 0 aliphatic heterocycles. The van der Waals surface area contributed by atoms with Gasteiger partial charge in [-0.05, 0) is 158 Å². The van der Waals surface area contributed by atoms with E-state index in [0.717, 1.165) is 29.1 Å². The summed E-state index contributed by atoms with van der Waals surface area (Å²) in [6.45, 7) is 17.9. The van der Waals surface area contributed by atoms with Crippen LogP contribution in [-0.4, -0.2) is 0 Å². The van der Waals surface area contributed by atoms with Gasteiger partial charge in [0.15, 0.2) is 0 Å². The first-order valence-electron chi connectivity index (χ1n) is 29.7. The van der Waals surface area contributed by atoms with Gasteiger partial charge in [0.05, 0.1) is 0 Å². The topological polar surface area (TPSA) is 0 Å². The van der Waals surface area contributed by atoms with Crippen LogP contribution in [0.4, 0.5) is 0 Å². The molecule has 6 aliphatic carbocycles. The summed E-state index contributed by atoms with van der Waals surface area (Å²) in [6, 6.07) is 83.1. The third-order valence-corrected chi connectivity index (χ3v) is 17.6. The van der Waals surface area contributed by atoms with Gasteiger partial charge in [0.2, 0.25) is 0 Å². The fraction of sp³-hybridized carbons (Fsp3) is 0.333. The molecule has 0 amide bonds. The van der Waals surface area contributed by atoms with Gasteiger partial charge >= 0.3 is 0 Å². The first-order chi connectivity index (χ1) is 37.9. The predicted octanol–water partition coefficient (Wildman–Crippen LogP) is 22.1. The minimum atomic E-state index is -0.121. The fourth-order valence-electron chi connectivity index (χ4n) is 13.6. The summed E-state index contributed by atoms with van der Waals surface area (Å²) in [7, 11) is 0. The van der Waals surface area contributed by atoms with Crippen LogP contribution in [0.1, 0.15) is 154 Å². The summed E-state index contributed by atoms with van der Waals surface area (Å²) in [5, 5.41) is 2.68. The van der Waals surface area contributed by atoms with E-state index >= 15 is 0 Å². The highest BCUT2D eigenvalue weighted by atomic mass is 14.5. The summed E-state index contributed by atoms with van der Waals surface area (Å²) in [4.78, 5) is 0. The van der Waals surface area contributed by atoms with Crippen molar-refractivity contribution >= 4 is 10.8 Å². The van der Waals surface area contributed by atoms with E-state index < -0.39 is 0 Å². The van der Waals surface area contributed by atoms with E-state index in [0.29, 0.717) is 5.92 Å². The Hall–Kier alpha value is -6.76. The van der Waals surface area contributed by atoms with Crippen molar-refractivity contribution < 1.29 is 0 Å². The second kappa shape index (κ2) is 28.2. The molecule has 0 saturated heterocycles. The molecule has 9 aromatic carbocycles. The second-order valence-corrected chi connectivity index (χ2v) is 24.2. The third-order valence-electron chi connectivity index (χ3n) is 17.6. The number of fused-ring (bicyclic) bond motifs is 4. The Morgan fingerprint density at radius 2 is 0.731 bits per heavy atom. The first-order valence-corrected chi connectivity index (χ1v) is 29.7. The molecule has 15 rings (SSSR count). The van der Waals surface area contributed by atoms with Crippen molar-refractivity contribution in [1.29, 1.82) is 0 Å². The average molecular weight is 1030 g/mol. The fourth-order valence-corrected chi connectivity index (χ4v) is 13.6. The molecular formula is C78H90. The van der Waals surface area contributed by atoms with Crippen LogP contribution in [0.3, 0.4) is 0 Å². The zero-order valence-corrected chi connectivity index (χ0v) is 48.7. The van der Waals surface area contributed by atoms with Crippen molar-refractivity contribution in [3.63, 3.8) is 0 Å². The van der Waals surface area contributed by atoms with E-state index in [4.69, 9.17) is 0 Å². The third kappa shape index (κ3) is 15.7. The van der Waals surface area contributed by atoms with Gasteiger partial charge in [-0.3, -0.25) is 0 Å². The molecule has 402 valence electrons. The van der Waals surface area contributed by atoms with E-state index in [2.05, 4.69) is 274 Å². The van der Waals surface area contributed by atoms with Crippen LogP contribution < -0.4 is 0 Å². The van der Waals surface area contributed by atoms with Crippen molar-refractivity contribution in [1.82, 2.24) is 0 Å². The first kappa shape index (κ1) is 57.4. The monoisotopic (exact) mass is 1030 g/mol. The highest BCUT2D eigenvalue weighted by Crippen LogP contribution is 2.59. The molecule has 0 unspecified atom stereocenters. The van der Waals surface area contributed by atoms with Crippen molar-refractivity contribution in [2.75, 3.05) is 0 Å². The summed E-state index contributed by atoms with van der Waals surface area (Å²) in [6.07, 6.45) is 16.9. The lowest BCUT2D eigenvalue weighted by molar-refractivity contribution is -0.0411.